The van der Waals surface area contributed by atoms with Crippen LogP contribution in [0.3, 0.4) is 0 Å². The van der Waals surface area contributed by atoms with Gasteiger partial charge < -0.3 is 11.1 Å². The third-order valence-electron chi connectivity index (χ3n) is 2.32. The fourth-order valence-corrected chi connectivity index (χ4v) is 2.03. The lowest BCUT2D eigenvalue weighted by Gasteiger charge is -2.08. The van der Waals surface area contributed by atoms with Gasteiger partial charge in [-0.05, 0) is 12.1 Å². The maximum absolute atomic E-state index is 5.85. The second-order valence-corrected chi connectivity index (χ2v) is 4.73. The van der Waals surface area contributed by atoms with Gasteiger partial charge in [0.15, 0.2) is 11.6 Å². The van der Waals surface area contributed by atoms with E-state index < -0.39 is 0 Å². The Hall–Kier alpha value is -1.93. The summed E-state index contributed by atoms with van der Waals surface area (Å²) >= 11 is 1.69. The molecule has 0 spiro atoms. The summed E-state index contributed by atoms with van der Waals surface area (Å²) in [5, 5.41) is 3.18. The van der Waals surface area contributed by atoms with Crippen LogP contribution in [0.25, 0.3) is 11.0 Å². The summed E-state index contributed by atoms with van der Waals surface area (Å²) in [7, 11) is 0. The standard InChI is InChI=1S/C13H14N4S/c1-2-8-18-9-7-15-13-12(14)16-10-5-3-4-6-11(10)17-13/h1,3-6H,7-9H2,(H2,14,16)(H,15,17). The van der Waals surface area contributed by atoms with Crippen LogP contribution in [-0.2, 0) is 0 Å². The lowest BCUT2D eigenvalue weighted by molar-refractivity contribution is 1.17. The Morgan fingerprint density at radius 3 is 2.72 bits per heavy atom. The van der Waals surface area contributed by atoms with Gasteiger partial charge in [0.05, 0.1) is 16.8 Å². The summed E-state index contributed by atoms with van der Waals surface area (Å²) in [6, 6.07) is 7.66. The topological polar surface area (TPSA) is 63.8 Å². The molecule has 1 aromatic carbocycles. The van der Waals surface area contributed by atoms with Crippen molar-refractivity contribution in [3.05, 3.63) is 24.3 Å². The highest BCUT2D eigenvalue weighted by molar-refractivity contribution is 7.99. The molecule has 5 heteroatoms. The van der Waals surface area contributed by atoms with Crippen molar-refractivity contribution in [2.45, 2.75) is 0 Å². The molecule has 2 rings (SSSR count). The van der Waals surface area contributed by atoms with Crippen molar-refractivity contribution < 1.29 is 0 Å². The number of hydrogen-bond acceptors (Lipinski definition) is 5. The molecule has 4 nitrogen and oxygen atoms in total. The zero-order chi connectivity index (χ0) is 12.8. The Morgan fingerprint density at radius 1 is 1.28 bits per heavy atom. The molecule has 0 amide bonds. The van der Waals surface area contributed by atoms with Crippen molar-refractivity contribution in [1.82, 2.24) is 9.97 Å². The molecule has 0 radical (unpaired) electrons. The van der Waals surface area contributed by atoms with E-state index in [0.717, 1.165) is 29.1 Å². The van der Waals surface area contributed by atoms with Crippen LogP contribution in [-0.4, -0.2) is 28.0 Å². The van der Waals surface area contributed by atoms with Gasteiger partial charge in [0.1, 0.15) is 0 Å². The van der Waals surface area contributed by atoms with Crippen LogP contribution < -0.4 is 11.1 Å². The highest BCUT2D eigenvalue weighted by Crippen LogP contribution is 2.18. The van der Waals surface area contributed by atoms with Crippen LogP contribution in [0.4, 0.5) is 11.6 Å². The predicted octanol–water partition coefficient (Wildman–Crippen LogP) is 1.99. The molecule has 2 aromatic rings. The van der Waals surface area contributed by atoms with Gasteiger partial charge in [0.25, 0.3) is 0 Å². The Balaban J connectivity index is 2.04. The van der Waals surface area contributed by atoms with Crippen LogP contribution in [0.2, 0.25) is 0 Å². The number of terminal acetylenes is 1. The van der Waals surface area contributed by atoms with E-state index in [2.05, 4.69) is 21.2 Å². The molecule has 0 unspecified atom stereocenters. The third-order valence-corrected chi connectivity index (χ3v) is 3.19. The molecule has 0 aliphatic rings. The van der Waals surface area contributed by atoms with Crippen LogP contribution >= 0.6 is 11.8 Å². The monoisotopic (exact) mass is 258 g/mol. The number of benzene rings is 1. The Bertz CT molecular complexity index is 577. The first kappa shape index (κ1) is 12.5. The number of rotatable bonds is 5. The molecule has 18 heavy (non-hydrogen) atoms. The molecule has 0 aliphatic heterocycles. The van der Waals surface area contributed by atoms with E-state index in [1.165, 1.54) is 0 Å². The SMILES string of the molecule is C#CCSCCNc1nc2ccccc2nc1N. The lowest BCUT2D eigenvalue weighted by atomic mass is 10.3. The maximum atomic E-state index is 5.85. The summed E-state index contributed by atoms with van der Waals surface area (Å²) in [5.74, 6) is 5.28. The molecular formula is C13H14N4S. The quantitative estimate of drug-likeness (QED) is 0.634. The Labute approximate surface area is 110 Å². The van der Waals surface area contributed by atoms with Gasteiger partial charge >= 0.3 is 0 Å². The van der Waals surface area contributed by atoms with Gasteiger partial charge in [-0.1, -0.05) is 18.1 Å². The minimum Gasteiger partial charge on any atom is -0.381 e. The molecule has 0 fully saturated rings. The van der Waals surface area contributed by atoms with Gasteiger partial charge in [-0.25, -0.2) is 9.97 Å². The van der Waals surface area contributed by atoms with Crippen LogP contribution in [0, 0.1) is 12.3 Å². The molecule has 0 saturated carbocycles. The van der Waals surface area contributed by atoms with Gasteiger partial charge in [0.2, 0.25) is 0 Å². The van der Waals surface area contributed by atoms with Crippen molar-refractivity contribution in [3.8, 4) is 12.3 Å². The maximum Gasteiger partial charge on any atom is 0.169 e. The second kappa shape index (κ2) is 6.12. The largest absolute Gasteiger partial charge is 0.381 e. The van der Waals surface area contributed by atoms with Crippen molar-refractivity contribution in [1.29, 1.82) is 0 Å². The van der Waals surface area contributed by atoms with E-state index in [4.69, 9.17) is 12.2 Å². The zero-order valence-corrected chi connectivity index (χ0v) is 10.7. The number of nitrogens with two attached hydrogens (primary N) is 1. The smallest absolute Gasteiger partial charge is 0.169 e. The number of hydrogen-bond donors (Lipinski definition) is 2. The number of fused-ring (bicyclic) bond motifs is 1. The zero-order valence-electron chi connectivity index (χ0n) is 9.89. The second-order valence-electron chi connectivity index (χ2n) is 3.63. The first-order valence-corrected chi connectivity index (χ1v) is 6.74. The number of aromatic nitrogens is 2. The van der Waals surface area contributed by atoms with Crippen molar-refractivity contribution in [3.63, 3.8) is 0 Å². The summed E-state index contributed by atoms with van der Waals surface area (Å²) in [6.45, 7) is 0.767. The fraction of sp³-hybridized carbons (Fsp3) is 0.231. The average molecular weight is 258 g/mol. The van der Waals surface area contributed by atoms with Crippen LogP contribution in [0.1, 0.15) is 0 Å². The minimum absolute atomic E-state index is 0.427. The molecule has 0 bridgehead atoms. The Morgan fingerprint density at radius 2 is 2.00 bits per heavy atom. The third kappa shape index (κ3) is 3.05. The van der Waals surface area contributed by atoms with E-state index in [1.807, 2.05) is 24.3 Å². The van der Waals surface area contributed by atoms with Crippen LogP contribution in [0.5, 0.6) is 0 Å². The van der Waals surface area contributed by atoms with Gasteiger partial charge in [0, 0.05) is 12.3 Å². The summed E-state index contributed by atoms with van der Waals surface area (Å²) in [4.78, 5) is 8.75. The van der Waals surface area contributed by atoms with E-state index in [-0.39, 0.29) is 0 Å². The predicted molar refractivity (Wildman–Crippen MR) is 78.6 cm³/mol. The van der Waals surface area contributed by atoms with Gasteiger partial charge in [-0.3, -0.25) is 0 Å². The normalized spacial score (nSPS) is 10.2. The molecule has 92 valence electrons. The summed E-state index contributed by atoms with van der Waals surface area (Å²) < 4.78 is 0. The lowest BCUT2D eigenvalue weighted by Crippen LogP contribution is -2.09. The number of nitrogen functional groups attached to an aromatic ring is 1. The fourth-order valence-electron chi connectivity index (χ4n) is 1.52. The summed E-state index contributed by atoms with van der Waals surface area (Å²) in [5.41, 5.74) is 7.50. The number of anilines is 2. The molecule has 1 aromatic heterocycles. The molecule has 0 atom stereocenters. The number of nitrogens with zero attached hydrogens (tertiary/aromatic N) is 2. The minimum atomic E-state index is 0.427. The van der Waals surface area contributed by atoms with Crippen molar-refractivity contribution in [2.75, 3.05) is 29.1 Å². The summed E-state index contributed by atoms with van der Waals surface area (Å²) in [6.07, 6.45) is 5.17. The van der Waals surface area contributed by atoms with E-state index >= 15 is 0 Å². The van der Waals surface area contributed by atoms with Crippen molar-refractivity contribution in [2.24, 2.45) is 0 Å². The van der Waals surface area contributed by atoms with E-state index in [1.54, 1.807) is 11.8 Å². The number of thioether (sulfide) groups is 1. The number of nitrogens with one attached hydrogen (secondary N) is 1. The average Bonchev–Trinajstić information content (AvgIpc) is 2.39. The van der Waals surface area contributed by atoms with E-state index in [9.17, 15) is 0 Å². The molecule has 3 N–H and O–H groups in total. The molecular weight excluding hydrogens is 244 g/mol. The van der Waals surface area contributed by atoms with Gasteiger partial charge in [-0.15, -0.1) is 18.2 Å². The highest BCUT2D eigenvalue weighted by Gasteiger charge is 2.04. The Kier molecular flexibility index (Phi) is 4.26. The van der Waals surface area contributed by atoms with Crippen LogP contribution in [0.15, 0.2) is 24.3 Å². The highest BCUT2D eigenvalue weighted by atomic mass is 32.2. The first-order chi connectivity index (χ1) is 8.81. The van der Waals surface area contributed by atoms with Gasteiger partial charge in [-0.2, -0.15) is 0 Å². The first-order valence-electron chi connectivity index (χ1n) is 5.58. The molecule has 1 heterocycles. The molecule has 0 aliphatic carbocycles. The van der Waals surface area contributed by atoms with E-state index in [0.29, 0.717) is 11.6 Å². The number of para-hydroxylation sites is 2. The molecule has 0 saturated heterocycles. The van der Waals surface area contributed by atoms with Crippen molar-refractivity contribution >= 4 is 34.4 Å².